The van der Waals surface area contributed by atoms with Gasteiger partial charge in [-0.2, -0.15) is 0 Å². The molecule has 0 aromatic heterocycles. The molecule has 1 aliphatic rings. The van der Waals surface area contributed by atoms with Gasteiger partial charge in [0, 0.05) is 11.6 Å². The number of methoxy groups -OCH3 is 1. The van der Waals surface area contributed by atoms with Gasteiger partial charge in [0.1, 0.15) is 11.6 Å². The van der Waals surface area contributed by atoms with E-state index in [2.05, 4.69) is 0 Å². The van der Waals surface area contributed by atoms with Crippen molar-refractivity contribution in [1.82, 2.24) is 4.90 Å². The molecule has 1 aromatic carbocycles. The van der Waals surface area contributed by atoms with Gasteiger partial charge in [-0.05, 0) is 39.7 Å². The minimum Gasteiger partial charge on any atom is -0.467 e. The van der Waals surface area contributed by atoms with Crippen LogP contribution in [-0.2, 0) is 14.3 Å². The van der Waals surface area contributed by atoms with Crippen molar-refractivity contribution in [2.24, 2.45) is 0 Å². The molecule has 27 heavy (non-hydrogen) atoms. The summed E-state index contributed by atoms with van der Waals surface area (Å²) in [4.78, 5) is 37.3. The van der Waals surface area contributed by atoms with E-state index in [9.17, 15) is 19.7 Å². The molecule has 0 radical (unpaired) electrons. The number of benzene rings is 1. The van der Waals surface area contributed by atoms with Crippen LogP contribution < -0.4 is 0 Å². The second kappa shape index (κ2) is 7.77. The highest BCUT2D eigenvalue weighted by atomic mass is 16.6. The normalized spacial score (nSPS) is 19.5. The lowest BCUT2D eigenvalue weighted by atomic mass is 9.93. The molecule has 2 atom stereocenters. The van der Waals surface area contributed by atoms with Gasteiger partial charge >= 0.3 is 12.1 Å². The van der Waals surface area contributed by atoms with Gasteiger partial charge in [0.15, 0.2) is 0 Å². The van der Waals surface area contributed by atoms with E-state index >= 15 is 0 Å². The lowest BCUT2D eigenvalue weighted by Gasteiger charge is -2.39. The maximum atomic E-state index is 12.9. The number of nitro groups is 1. The number of nitro benzene ring substituents is 1. The van der Waals surface area contributed by atoms with Crippen LogP contribution in [0.4, 0.5) is 10.5 Å². The Labute approximate surface area is 157 Å². The summed E-state index contributed by atoms with van der Waals surface area (Å²) >= 11 is 0. The van der Waals surface area contributed by atoms with Crippen molar-refractivity contribution in [3.8, 4) is 0 Å². The monoisotopic (exact) mass is 376 g/mol. The molecule has 1 heterocycles. The Morgan fingerprint density at radius 1 is 1.30 bits per heavy atom. The fourth-order valence-electron chi connectivity index (χ4n) is 3.05. The minimum atomic E-state index is -0.876. The highest BCUT2D eigenvalue weighted by molar-refractivity contribution is 5.83. The van der Waals surface area contributed by atoms with E-state index in [1.54, 1.807) is 52.0 Å². The number of esters is 1. The van der Waals surface area contributed by atoms with E-state index < -0.39 is 34.7 Å². The van der Waals surface area contributed by atoms with Crippen LogP contribution in [0.5, 0.6) is 0 Å². The second-order valence-electron chi connectivity index (χ2n) is 7.28. The molecule has 0 bridgehead atoms. The van der Waals surface area contributed by atoms with Crippen LogP contribution in [0.15, 0.2) is 30.4 Å². The van der Waals surface area contributed by atoms with Gasteiger partial charge in [0.05, 0.1) is 18.1 Å². The van der Waals surface area contributed by atoms with E-state index in [0.717, 1.165) is 0 Å². The third kappa shape index (κ3) is 4.45. The van der Waals surface area contributed by atoms with Gasteiger partial charge in [0.25, 0.3) is 5.69 Å². The first-order valence-electron chi connectivity index (χ1n) is 8.56. The van der Waals surface area contributed by atoms with Gasteiger partial charge in [0.2, 0.25) is 0 Å². The van der Waals surface area contributed by atoms with Crippen molar-refractivity contribution in [2.45, 2.75) is 51.8 Å². The SMILES string of the molecule is COC(=O)C1CC=CC(c2cccc([N+](=O)[O-])c2C)N1C(=O)OC(C)(C)C. The third-order valence-electron chi connectivity index (χ3n) is 4.25. The summed E-state index contributed by atoms with van der Waals surface area (Å²) in [6.07, 6.45) is 3.11. The van der Waals surface area contributed by atoms with Crippen molar-refractivity contribution < 1.29 is 24.0 Å². The molecular formula is C19H24N2O6. The van der Waals surface area contributed by atoms with Crippen LogP contribution in [0.25, 0.3) is 0 Å². The maximum Gasteiger partial charge on any atom is 0.411 e. The molecule has 8 nitrogen and oxygen atoms in total. The second-order valence-corrected chi connectivity index (χ2v) is 7.28. The van der Waals surface area contributed by atoms with Crippen LogP contribution in [-0.4, -0.2) is 40.6 Å². The summed E-state index contributed by atoms with van der Waals surface area (Å²) in [5, 5.41) is 11.3. The van der Waals surface area contributed by atoms with E-state index in [4.69, 9.17) is 9.47 Å². The Morgan fingerprint density at radius 3 is 2.52 bits per heavy atom. The molecule has 1 aliphatic heterocycles. The minimum absolute atomic E-state index is 0.0507. The Balaban J connectivity index is 2.55. The van der Waals surface area contributed by atoms with E-state index in [0.29, 0.717) is 11.1 Å². The summed E-state index contributed by atoms with van der Waals surface area (Å²) in [5.41, 5.74) is 0.169. The van der Waals surface area contributed by atoms with Gasteiger partial charge in [-0.3, -0.25) is 15.0 Å². The molecule has 146 valence electrons. The van der Waals surface area contributed by atoms with Crippen molar-refractivity contribution in [1.29, 1.82) is 0 Å². The van der Waals surface area contributed by atoms with Crippen molar-refractivity contribution in [3.05, 3.63) is 51.6 Å². The van der Waals surface area contributed by atoms with E-state index in [1.807, 2.05) is 0 Å². The molecule has 0 saturated carbocycles. The van der Waals surface area contributed by atoms with Crippen molar-refractivity contribution in [2.75, 3.05) is 7.11 Å². The number of amides is 1. The Hall–Kier alpha value is -2.90. The number of hydrogen-bond acceptors (Lipinski definition) is 6. The molecule has 2 rings (SSSR count). The number of hydrogen-bond donors (Lipinski definition) is 0. The van der Waals surface area contributed by atoms with Crippen molar-refractivity contribution in [3.63, 3.8) is 0 Å². The quantitative estimate of drug-likeness (QED) is 0.345. The van der Waals surface area contributed by atoms with Gasteiger partial charge < -0.3 is 9.47 Å². The Kier molecular flexibility index (Phi) is 5.88. The summed E-state index contributed by atoms with van der Waals surface area (Å²) in [6, 6.07) is 3.11. The predicted molar refractivity (Wildman–Crippen MR) is 98.2 cm³/mol. The molecule has 0 saturated heterocycles. The number of carbonyl (C=O) groups excluding carboxylic acids is 2. The summed E-state index contributed by atoms with van der Waals surface area (Å²) in [5.74, 6) is -0.571. The molecule has 2 unspecified atom stereocenters. The first kappa shape index (κ1) is 20.4. The van der Waals surface area contributed by atoms with Crippen LogP contribution in [0.2, 0.25) is 0 Å². The molecule has 0 fully saturated rings. The fraction of sp³-hybridized carbons (Fsp3) is 0.474. The largest absolute Gasteiger partial charge is 0.467 e. The molecule has 1 amide bonds. The molecule has 8 heteroatoms. The number of rotatable bonds is 3. The number of nitrogens with zero attached hydrogens (tertiary/aromatic N) is 2. The standard InChI is InChI=1S/C19H24N2O6/c1-12-13(8-6-9-14(12)21(24)25)15-10-7-11-16(17(22)26-5)20(15)18(23)27-19(2,3)4/h6-10,15-16H,11H2,1-5H3. The molecule has 1 aromatic rings. The van der Waals surface area contributed by atoms with Gasteiger partial charge in [-0.15, -0.1) is 0 Å². The lowest BCUT2D eigenvalue weighted by Crippen LogP contribution is -2.50. The number of ether oxygens (including phenoxy) is 2. The zero-order valence-corrected chi connectivity index (χ0v) is 16.1. The van der Waals surface area contributed by atoms with E-state index in [1.165, 1.54) is 18.1 Å². The van der Waals surface area contributed by atoms with Gasteiger partial charge in [-0.25, -0.2) is 9.59 Å². The van der Waals surface area contributed by atoms with E-state index in [-0.39, 0.29) is 12.1 Å². The zero-order chi connectivity index (χ0) is 20.4. The number of carbonyl (C=O) groups is 2. The first-order chi connectivity index (χ1) is 12.6. The zero-order valence-electron chi connectivity index (χ0n) is 16.1. The molecule has 0 spiro atoms. The smallest absolute Gasteiger partial charge is 0.411 e. The fourth-order valence-corrected chi connectivity index (χ4v) is 3.05. The van der Waals surface area contributed by atoms with Crippen LogP contribution in [0.3, 0.4) is 0 Å². The lowest BCUT2D eigenvalue weighted by molar-refractivity contribution is -0.385. The highest BCUT2D eigenvalue weighted by Crippen LogP contribution is 2.36. The summed E-state index contributed by atoms with van der Waals surface area (Å²) in [6.45, 7) is 6.80. The van der Waals surface area contributed by atoms with Crippen molar-refractivity contribution >= 4 is 17.7 Å². The Morgan fingerprint density at radius 2 is 1.96 bits per heavy atom. The topological polar surface area (TPSA) is 99.0 Å². The van der Waals surface area contributed by atoms with Crippen LogP contribution in [0.1, 0.15) is 44.4 Å². The first-order valence-corrected chi connectivity index (χ1v) is 8.56. The highest BCUT2D eigenvalue weighted by Gasteiger charge is 2.40. The molecule has 0 aliphatic carbocycles. The third-order valence-corrected chi connectivity index (χ3v) is 4.25. The predicted octanol–water partition coefficient (Wildman–Crippen LogP) is 3.68. The molecule has 0 N–H and O–H groups in total. The van der Waals surface area contributed by atoms with Crippen LogP contribution in [0, 0.1) is 17.0 Å². The van der Waals surface area contributed by atoms with Gasteiger partial charge in [-0.1, -0.05) is 24.3 Å². The Bertz CT molecular complexity index is 781. The summed E-state index contributed by atoms with van der Waals surface area (Å²) < 4.78 is 10.3. The average molecular weight is 376 g/mol. The average Bonchev–Trinajstić information content (AvgIpc) is 2.58. The summed E-state index contributed by atoms with van der Waals surface area (Å²) in [7, 11) is 1.25. The van der Waals surface area contributed by atoms with Crippen LogP contribution >= 0.6 is 0 Å². The maximum absolute atomic E-state index is 12.9. The molecular weight excluding hydrogens is 352 g/mol.